The third-order valence-electron chi connectivity index (χ3n) is 3.36. The summed E-state index contributed by atoms with van der Waals surface area (Å²) in [6.45, 7) is 0.106. The van der Waals surface area contributed by atoms with Crippen molar-refractivity contribution in [1.82, 2.24) is 14.8 Å². The summed E-state index contributed by atoms with van der Waals surface area (Å²) in [5, 5.41) is 15.9. The third kappa shape index (κ3) is 3.44. The Balaban J connectivity index is 1.81. The van der Waals surface area contributed by atoms with E-state index in [9.17, 15) is 4.79 Å². The summed E-state index contributed by atoms with van der Waals surface area (Å²) in [6.07, 6.45) is 5.59. The van der Waals surface area contributed by atoms with Gasteiger partial charge in [-0.15, -0.1) is 0 Å². The first kappa shape index (κ1) is 14.9. The number of benzene rings is 1. The van der Waals surface area contributed by atoms with Gasteiger partial charge in [-0.05, 0) is 42.3 Å². The second kappa shape index (κ2) is 6.85. The molecule has 2 aromatic heterocycles. The largest absolute Gasteiger partial charge is 0.396 e. The predicted octanol–water partition coefficient (Wildman–Crippen LogP) is 2.05. The van der Waals surface area contributed by atoms with Crippen LogP contribution in [-0.2, 0) is 6.42 Å². The van der Waals surface area contributed by atoms with Gasteiger partial charge in [-0.1, -0.05) is 12.1 Å². The molecule has 2 N–H and O–H groups in total. The van der Waals surface area contributed by atoms with Crippen LogP contribution in [0.5, 0.6) is 0 Å². The summed E-state index contributed by atoms with van der Waals surface area (Å²) in [5.41, 5.74) is 2.15. The number of nitrogens with zero attached hydrogens (tertiary/aromatic N) is 3. The van der Waals surface area contributed by atoms with Gasteiger partial charge < -0.3 is 10.4 Å². The smallest absolute Gasteiger partial charge is 0.259 e. The van der Waals surface area contributed by atoms with Gasteiger partial charge in [-0.3, -0.25) is 4.79 Å². The zero-order valence-corrected chi connectivity index (χ0v) is 12.4. The van der Waals surface area contributed by atoms with Crippen molar-refractivity contribution in [2.75, 3.05) is 11.9 Å². The Hall–Kier alpha value is -2.99. The van der Waals surface area contributed by atoms with Crippen molar-refractivity contribution < 1.29 is 9.90 Å². The fourth-order valence-electron chi connectivity index (χ4n) is 2.23. The Morgan fingerprint density at radius 2 is 1.96 bits per heavy atom. The Bertz CT molecular complexity index is 783. The Kier molecular flexibility index (Phi) is 4.44. The number of aromatic nitrogens is 3. The molecule has 0 atom stereocenters. The quantitative estimate of drug-likeness (QED) is 0.756. The zero-order valence-electron chi connectivity index (χ0n) is 12.4. The molecule has 116 valence electrons. The third-order valence-corrected chi connectivity index (χ3v) is 3.36. The van der Waals surface area contributed by atoms with E-state index in [1.165, 1.54) is 0 Å². The van der Waals surface area contributed by atoms with E-state index < -0.39 is 0 Å². The van der Waals surface area contributed by atoms with E-state index in [2.05, 4.69) is 15.4 Å². The number of aliphatic hydroxyl groups is 1. The van der Waals surface area contributed by atoms with Crippen LogP contribution in [0.25, 0.3) is 5.82 Å². The van der Waals surface area contributed by atoms with Gasteiger partial charge in [0.1, 0.15) is 0 Å². The van der Waals surface area contributed by atoms with Gasteiger partial charge >= 0.3 is 0 Å². The van der Waals surface area contributed by atoms with Gasteiger partial charge in [-0.25, -0.2) is 9.67 Å². The summed E-state index contributed by atoms with van der Waals surface area (Å²) in [5.74, 6) is 0.227. The number of amides is 1. The lowest BCUT2D eigenvalue weighted by molar-refractivity contribution is 0.102. The lowest BCUT2D eigenvalue weighted by atomic mass is 10.1. The number of anilines is 1. The van der Waals surface area contributed by atoms with E-state index in [-0.39, 0.29) is 12.5 Å². The van der Waals surface area contributed by atoms with Crippen LogP contribution in [0.1, 0.15) is 15.9 Å². The zero-order chi connectivity index (χ0) is 16.1. The molecule has 1 aromatic carbocycles. The molecule has 0 spiro atoms. The van der Waals surface area contributed by atoms with Crippen molar-refractivity contribution in [3.63, 3.8) is 0 Å². The minimum Gasteiger partial charge on any atom is -0.396 e. The van der Waals surface area contributed by atoms with E-state index in [1.54, 1.807) is 41.5 Å². The summed E-state index contributed by atoms with van der Waals surface area (Å²) in [6, 6.07) is 12.6. The first-order valence-electron chi connectivity index (χ1n) is 7.24. The number of hydrogen-bond donors (Lipinski definition) is 2. The molecule has 0 aliphatic carbocycles. The van der Waals surface area contributed by atoms with E-state index in [0.29, 0.717) is 23.5 Å². The van der Waals surface area contributed by atoms with Crippen molar-refractivity contribution in [3.05, 3.63) is 72.2 Å². The van der Waals surface area contributed by atoms with Crippen molar-refractivity contribution in [2.24, 2.45) is 0 Å². The highest BCUT2D eigenvalue weighted by atomic mass is 16.3. The summed E-state index contributed by atoms with van der Waals surface area (Å²) < 4.78 is 1.55. The molecule has 1 amide bonds. The van der Waals surface area contributed by atoms with Gasteiger partial charge in [0.2, 0.25) is 0 Å². The predicted molar refractivity (Wildman–Crippen MR) is 86.5 cm³/mol. The van der Waals surface area contributed by atoms with Gasteiger partial charge in [0, 0.05) is 30.9 Å². The first-order chi connectivity index (χ1) is 11.3. The molecule has 0 aliphatic heterocycles. The van der Waals surface area contributed by atoms with Gasteiger partial charge in [0.05, 0.1) is 5.56 Å². The van der Waals surface area contributed by atoms with E-state index in [1.807, 2.05) is 24.3 Å². The van der Waals surface area contributed by atoms with Crippen molar-refractivity contribution in [2.45, 2.75) is 6.42 Å². The molecular formula is C17H16N4O2. The molecule has 0 fully saturated rings. The van der Waals surface area contributed by atoms with Gasteiger partial charge in [0.25, 0.3) is 5.91 Å². The van der Waals surface area contributed by atoms with Crippen LogP contribution in [-0.4, -0.2) is 32.4 Å². The molecule has 6 heteroatoms. The van der Waals surface area contributed by atoms with Crippen LogP contribution in [0.15, 0.2) is 61.1 Å². The second-order valence-corrected chi connectivity index (χ2v) is 4.95. The minimum absolute atomic E-state index is 0.106. The number of pyridine rings is 1. The van der Waals surface area contributed by atoms with E-state index in [4.69, 9.17) is 5.11 Å². The number of rotatable bonds is 5. The topological polar surface area (TPSA) is 80.0 Å². The SMILES string of the molecule is O=C(Nc1ccc(CCO)cc1)c1cccnc1-n1cccn1. The molecule has 0 bridgehead atoms. The molecule has 2 heterocycles. The number of aliphatic hydroxyl groups excluding tert-OH is 1. The van der Waals surface area contributed by atoms with E-state index >= 15 is 0 Å². The first-order valence-corrected chi connectivity index (χ1v) is 7.24. The average Bonchev–Trinajstić information content (AvgIpc) is 3.11. The van der Waals surface area contributed by atoms with Crippen LogP contribution in [0.2, 0.25) is 0 Å². The number of nitrogens with one attached hydrogen (secondary N) is 1. The highest BCUT2D eigenvalue weighted by Gasteiger charge is 2.14. The monoisotopic (exact) mass is 308 g/mol. The summed E-state index contributed by atoms with van der Waals surface area (Å²) in [7, 11) is 0. The maximum absolute atomic E-state index is 12.5. The van der Waals surface area contributed by atoms with Crippen LogP contribution < -0.4 is 5.32 Å². The standard InChI is InChI=1S/C17H16N4O2/c22-12-8-13-4-6-14(7-5-13)20-17(23)15-3-1-9-18-16(15)21-11-2-10-19-21/h1-7,9-11,22H,8,12H2,(H,20,23). The molecule has 23 heavy (non-hydrogen) atoms. The van der Waals surface area contributed by atoms with Gasteiger partial charge in [0.15, 0.2) is 5.82 Å². The Morgan fingerprint density at radius 3 is 2.65 bits per heavy atom. The number of hydrogen-bond acceptors (Lipinski definition) is 4. The van der Waals surface area contributed by atoms with Crippen LogP contribution >= 0.6 is 0 Å². The fraction of sp³-hybridized carbons (Fsp3) is 0.118. The lowest BCUT2D eigenvalue weighted by Crippen LogP contribution is -2.16. The van der Waals surface area contributed by atoms with Crippen LogP contribution in [0.3, 0.4) is 0 Å². The molecule has 0 saturated heterocycles. The average molecular weight is 308 g/mol. The van der Waals surface area contributed by atoms with Crippen molar-refractivity contribution in [1.29, 1.82) is 0 Å². The highest BCUT2D eigenvalue weighted by Crippen LogP contribution is 2.15. The van der Waals surface area contributed by atoms with Gasteiger partial charge in [-0.2, -0.15) is 5.10 Å². The molecule has 3 aromatic rings. The molecule has 0 unspecified atom stereocenters. The molecule has 0 aliphatic rings. The highest BCUT2D eigenvalue weighted by molar-refractivity contribution is 6.06. The normalized spacial score (nSPS) is 10.5. The fourth-order valence-corrected chi connectivity index (χ4v) is 2.23. The minimum atomic E-state index is -0.251. The van der Waals surface area contributed by atoms with E-state index in [0.717, 1.165) is 5.56 Å². The lowest BCUT2D eigenvalue weighted by Gasteiger charge is -2.09. The Labute approximate surface area is 133 Å². The number of carbonyl (C=O) groups is 1. The van der Waals surface area contributed by atoms with Crippen molar-refractivity contribution in [3.8, 4) is 5.82 Å². The molecule has 0 radical (unpaired) electrons. The van der Waals surface area contributed by atoms with Crippen LogP contribution in [0.4, 0.5) is 5.69 Å². The van der Waals surface area contributed by atoms with Crippen molar-refractivity contribution >= 4 is 11.6 Å². The maximum Gasteiger partial charge on any atom is 0.259 e. The molecule has 3 rings (SSSR count). The molecule has 6 nitrogen and oxygen atoms in total. The Morgan fingerprint density at radius 1 is 1.13 bits per heavy atom. The number of carbonyl (C=O) groups excluding carboxylic acids is 1. The van der Waals surface area contributed by atoms with Crippen LogP contribution in [0, 0.1) is 0 Å². The maximum atomic E-state index is 12.5. The molecule has 0 saturated carbocycles. The second-order valence-electron chi connectivity index (χ2n) is 4.95. The summed E-state index contributed by atoms with van der Waals surface area (Å²) in [4.78, 5) is 16.7. The summed E-state index contributed by atoms with van der Waals surface area (Å²) >= 11 is 0. The molecular weight excluding hydrogens is 292 g/mol.